The van der Waals surface area contributed by atoms with Crippen LogP contribution >= 0.6 is 21.6 Å². The number of para-hydroxylation sites is 1. The number of H-pyrrole nitrogens is 1. The maximum Gasteiger partial charge on any atom is 0.245 e. The molecular formula is C94H136N16O19S2. The first-order valence-electron chi connectivity index (χ1n) is 44.9. The summed E-state index contributed by atoms with van der Waals surface area (Å²) >= 11 is 0. The molecule has 5 aromatic rings. The van der Waals surface area contributed by atoms with Gasteiger partial charge in [0.25, 0.3) is 0 Å². The number of primary amides is 3. The van der Waals surface area contributed by atoms with Gasteiger partial charge in [-0.3, -0.25) is 76.7 Å². The van der Waals surface area contributed by atoms with Gasteiger partial charge in [-0.1, -0.05) is 141 Å². The van der Waals surface area contributed by atoms with Gasteiger partial charge in [-0.25, -0.2) is 0 Å². The Kier molecular flexibility index (Phi) is 43.3. The Morgan fingerprint density at radius 3 is 1.85 bits per heavy atom. The molecule has 13 atom stereocenters. The van der Waals surface area contributed by atoms with Crippen LogP contribution in [-0.4, -0.2) is 206 Å². The summed E-state index contributed by atoms with van der Waals surface area (Å²) in [5.74, 6) is -16.7. The van der Waals surface area contributed by atoms with Crippen LogP contribution in [-0.2, 0) is 107 Å². The highest BCUT2D eigenvalue weighted by atomic mass is 33.1. The molecule has 37 heteroatoms. The molecule has 13 amide bonds. The highest BCUT2D eigenvalue weighted by Gasteiger charge is 2.47. The Labute approximate surface area is 773 Å². The third-order valence-corrected chi connectivity index (χ3v) is 27.4. The Balaban J connectivity index is 1.55. The number of aliphatic hydroxyl groups excluding tert-OH is 1. The van der Waals surface area contributed by atoms with Crippen LogP contribution in [0.1, 0.15) is 214 Å². The molecule has 4 aromatic carbocycles. The van der Waals surface area contributed by atoms with Crippen molar-refractivity contribution in [2.45, 2.75) is 288 Å². The minimum Gasteiger partial charge on any atom is -0.492 e. The van der Waals surface area contributed by atoms with Crippen LogP contribution in [0.4, 0.5) is 0 Å². The lowest BCUT2D eigenvalue weighted by molar-refractivity contribution is -0.140. The number of aromatic amines is 1. The van der Waals surface area contributed by atoms with Crippen LogP contribution in [0.15, 0.2) is 91.1 Å². The molecule has 0 radical (unpaired) electrons. The summed E-state index contributed by atoms with van der Waals surface area (Å²) in [6, 6.07) is 10.6. The monoisotopic (exact) mass is 1860 g/mol. The van der Waals surface area contributed by atoms with E-state index in [-0.39, 0.29) is 114 Å². The number of carbonyl (C=O) groups excluding carboxylic acids is 17. The van der Waals surface area contributed by atoms with Crippen molar-refractivity contribution in [3.63, 3.8) is 0 Å². The Morgan fingerprint density at radius 1 is 0.588 bits per heavy atom. The molecule has 1 fully saturated rings. The molecule has 0 saturated carbocycles. The zero-order valence-corrected chi connectivity index (χ0v) is 79.0. The third-order valence-electron chi connectivity index (χ3n) is 23.1. The molecule has 0 aliphatic carbocycles. The zero-order valence-electron chi connectivity index (χ0n) is 77.3. The predicted octanol–water partition coefficient (Wildman–Crippen LogP) is 4.34. The molecule has 1 aliphatic rings. The molecule has 0 spiro atoms. The topological polar surface area (TPSA) is 586 Å². The minimum atomic E-state index is -1.91. The fraction of sp³-hybridized carbons (Fsp3) is 0.564. The number of rotatable bonds is 49. The number of Topliss-reactive ketones (excluding diaryl/α,β-unsaturated/α-hetero) is 4. The van der Waals surface area contributed by atoms with Crippen LogP contribution in [0.5, 0.6) is 5.75 Å². The Bertz CT molecular complexity index is 4850. The van der Waals surface area contributed by atoms with Crippen LogP contribution < -0.4 is 86.6 Å². The van der Waals surface area contributed by atoms with Gasteiger partial charge in [0.2, 0.25) is 76.8 Å². The van der Waals surface area contributed by atoms with E-state index in [1.165, 1.54) is 27.7 Å². The normalized spacial score (nSPS) is 19.3. The lowest BCUT2D eigenvalue weighted by Crippen LogP contribution is -2.63. The fourth-order valence-corrected chi connectivity index (χ4v) is 18.7. The number of hydrogen-bond donors (Lipinski definition) is 17. The van der Waals surface area contributed by atoms with Crippen molar-refractivity contribution in [3.8, 4) is 5.75 Å². The van der Waals surface area contributed by atoms with Gasteiger partial charge in [0.15, 0.2) is 17.3 Å². The number of ether oxygens (including phenoxy) is 1. The smallest absolute Gasteiger partial charge is 0.245 e. The number of benzene rings is 4. The summed E-state index contributed by atoms with van der Waals surface area (Å²) in [4.78, 5) is 248. The first-order chi connectivity index (χ1) is 61.8. The number of fused-ring (bicyclic) bond motifs is 2. The quantitative estimate of drug-likeness (QED) is 0.0190. The first kappa shape index (κ1) is 109. The molecule has 1 saturated heterocycles. The lowest BCUT2D eigenvalue weighted by Gasteiger charge is -2.39. The second-order valence-corrected chi connectivity index (χ2v) is 39.4. The van der Waals surface area contributed by atoms with Gasteiger partial charge in [0.05, 0.1) is 35.9 Å². The standard InChI is InChI=1S/C94H136N16O19S2/c1-13-60-27-23-28-67-65(52-101-80(60)67)46-72-87(124)103-69(30-16-14-15-24-54(4)111)86(123)110-81(92(8,9)130-131-93(10,11)82(102-57(7)114)90(127)107-73(50-78(98)119)88(125)109-79(55(5)112)89(126)106-72)75(116)48-63(43-58-32-35-66(36-33-58)129-41-39-96)84(121)104-70(45-59-31-34-61-25-17-18-26-62(61)44-59)76(117)51-94(12,37-20-21-38-95)91(128)108-68(29-19-22-40-100-56(6)113)74(115)47-64(49-77(97)118)85(122)105-71(83(99)120)42-53(2)3/h17-18,23,25-28,31-36,44,52-53,55,63-64,68-73,79,81-82,101,112H,13-16,19-22,24,29-30,37-43,45-51,95-96H2,1-12H3,(H2,97,118)(H2,98,119)(H2,99,120)(H,100,113)(H,102,114)(H,103,124)(H,104,121)(H,105,122)(H,106,126)(H,107,127)(H,108,128)(H,109,125)(H,110,123)/t55-,63-,64+,68+,69+,70+,71-,72+,73+,79+,81-,82-,94-/m1/s1. The molecule has 6 rings (SSSR count). The van der Waals surface area contributed by atoms with Crippen molar-refractivity contribution in [2.24, 2.45) is 51.8 Å². The molecule has 131 heavy (non-hydrogen) atoms. The second-order valence-electron chi connectivity index (χ2n) is 35.9. The number of ketones is 4. The van der Waals surface area contributed by atoms with Crippen molar-refractivity contribution < 1.29 is 91.4 Å². The maximum absolute atomic E-state index is 16.5. The zero-order chi connectivity index (χ0) is 97.2. The van der Waals surface area contributed by atoms with Gasteiger partial charge in [-0.05, 0) is 170 Å². The van der Waals surface area contributed by atoms with E-state index >= 15 is 28.8 Å². The van der Waals surface area contributed by atoms with Crippen molar-refractivity contribution in [1.29, 1.82) is 0 Å². The van der Waals surface area contributed by atoms with Gasteiger partial charge in [-0.2, -0.15) is 0 Å². The molecule has 0 bridgehead atoms. The number of amides is 13. The van der Waals surface area contributed by atoms with Gasteiger partial charge >= 0.3 is 0 Å². The molecule has 0 unspecified atom stereocenters. The average molecular weight is 1860 g/mol. The maximum atomic E-state index is 16.5. The average Bonchev–Trinajstić information content (AvgIpc) is 1.76. The van der Waals surface area contributed by atoms with Gasteiger partial charge in [0, 0.05) is 98.0 Å². The van der Waals surface area contributed by atoms with E-state index in [9.17, 15) is 57.8 Å². The van der Waals surface area contributed by atoms with Crippen molar-refractivity contribution >= 4 is 143 Å². The van der Waals surface area contributed by atoms with Crippen molar-refractivity contribution in [3.05, 3.63) is 113 Å². The molecule has 1 aromatic heterocycles. The first-order valence-corrected chi connectivity index (χ1v) is 47.0. The van der Waals surface area contributed by atoms with Crippen LogP contribution in [0.3, 0.4) is 0 Å². The SMILES string of the molecule is CCc1cccc2c(C[C@@H]3NC(=O)[C@H]([C@@H](C)O)NC(=O)[C@H](CC(N)=O)NC(=O)[C@@H](NC(C)=O)C(C)(C)SSC(C)(C)[C@@H](C(=O)C[C@@H](Cc4ccc(OCCN)cc4)C(=O)N[C@@H](Cc4ccc5ccccc5c4)C(=O)C[C@@](C)(CCCCN)C(=O)N[C@@H](CCCCNC(C)=O)C(=O)C[C@@H](CC(N)=O)C(=O)N[C@H](CC(C)C)C(N)=O)NC(=O)[C@H](CCCCCC(C)=O)NC3=O)c[nH]c12. The minimum absolute atomic E-state index is 0.0224. The van der Waals surface area contributed by atoms with E-state index in [0.29, 0.717) is 59.9 Å². The van der Waals surface area contributed by atoms with E-state index in [4.69, 9.17) is 33.4 Å². The van der Waals surface area contributed by atoms with E-state index in [1.807, 2.05) is 55.5 Å². The number of aryl methyl sites for hydroxylation is 1. The number of nitrogens with two attached hydrogens (primary N) is 5. The largest absolute Gasteiger partial charge is 0.492 e. The predicted molar refractivity (Wildman–Crippen MR) is 501 cm³/mol. The molecule has 35 nitrogen and oxygen atoms in total. The number of aliphatic hydroxyl groups is 1. The van der Waals surface area contributed by atoms with E-state index in [1.54, 1.807) is 84.1 Å². The summed E-state index contributed by atoms with van der Waals surface area (Å²) < 4.78 is 2.73. The summed E-state index contributed by atoms with van der Waals surface area (Å²) in [5.41, 5.74) is 30.4. The number of nitrogens with one attached hydrogen (secondary N) is 11. The molecular weight excluding hydrogens is 1720 g/mol. The molecule has 1 aliphatic heterocycles. The van der Waals surface area contributed by atoms with Crippen LogP contribution in [0.2, 0.25) is 0 Å². The second kappa shape index (κ2) is 52.2. The van der Waals surface area contributed by atoms with Gasteiger partial charge in [0.1, 0.15) is 60.4 Å². The number of aromatic nitrogens is 1. The molecule has 22 N–H and O–H groups in total. The third kappa shape index (κ3) is 34.8. The van der Waals surface area contributed by atoms with Crippen molar-refractivity contribution in [1.82, 2.24) is 58.2 Å². The highest BCUT2D eigenvalue weighted by molar-refractivity contribution is 8.77. The molecule has 2 heterocycles. The highest BCUT2D eigenvalue weighted by Crippen LogP contribution is 2.47. The van der Waals surface area contributed by atoms with E-state index < -0.39 is 208 Å². The van der Waals surface area contributed by atoms with Crippen LogP contribution in [0.25, 0.3) is 21.7 Å². The summed E-state index contributed by atoms with van der Waals surface area (Å²) in [5, 5.41) is 40.8. The molecule has 718 valence electrons. The number of hydrogen-bond acceptors (Lipinski definition) is 23. The van der Waals surface area contributed by atoms with E-state index in [0.717, 1.165) is 50.4 Å². The summed E-state index contributed by atoms with van der Waals surface area (Å²) in [6.45, 7) is 19.1. The Morgan fingerprint density at radius 2 is 1.23 bits per heavy atom. The number of unbranched alkanes of at least 4 members (excludes halogenated alkanes) is 4. The lowest BCUT2D eigenvalue weighted by atomic mass is 9.77. The Hall–Kier alpha value is -11.1. The van der Waals surface area contributed by atoms with E-state index in [2.05, 4.69) is 58.2 Å². The number of carbonyl (C=O) groups is 17. The van der Waals surface area contributed by atoms with Gasteiger partial charge in [-0.15, -0.1) is 0 Å². The fourth-order valence-electron chi connectivity index (χ4n) is 15.8. The van der Waals surface area contributed by atoms with Crippen molar-refractivity contribution in [2.75, 3.05) is 26.2 Å². The summed E-state index contributed by atoms with van der Waals surface area (Å²) in [7, 11) is 1.92. The summed E-state index contributed by atoms with van der Waals surface area (Å²) in [6.07, 6.45) is -1.55. The van der Waals surface area contributed by atoms with Crippen LogP contribution in [0, 0.1) is 23.2 Å². The van der Waals surface area contributed by atoms with Gasteiger partial charge < -0.3 is 101 Å².